The van der Waals surface area contributed by atoms with E-state index in [0.717, 1.165) is 11.4 Å². The number of aromatic nitrogens is 1. The van der Waals surface area contributed by atoms with E-state index in [9.17, 15) is 9.90 Å². The molecule has 0 spiro atoms. The molecule has 1 aromatic heterocycles. The third-order valence-corrected chi connectivity index (χ3v) is 3.28. The number of aliphatic carboxylic acids is 1. The second kappa shape index (κ2) is 7.67. The van der Waals surface area contributed by atoms with Crippen LogP contribution in [0, 0.1) is 13.8 Å². The summed E-state index contributed by atoms with van der Waals surface area (Å²) in [6, 6.07) is 3.63. The van der Waals surface area contributed by atoms with Crippen LogP contribution < -0.4 is 10.1 Å². The Hall–Kier alpha value is -1.04. The van der Waals surface area contributed by atoms with E-state index in [1.807, 2.05) is 19.9 Å². The fourth-order valence-corrected chi connectivity index (χ4v) is 2.18. The summed E-state index contributed by atoms with van der Waals surface area (Å²) < 4.78 is 5.79. The molecule has 114 valence electrons. The monoisotopic (exact) mass is 322 g/mol. The van der Waals surface area contributed by atoms with Crippen LogP contribution in [-0.4, -0.2) is 34.8 Å². The van der Waals surface area contributed by atoms with Gasteiger partial charge in [-0.05, 0) is 39.1 Å². The van der Waals surface area contributed by atoms with Crippen molar-refractivity contribution in [1.82, 2.24) is 10.3 Å². The van der Waals surface area contributed by atoms with Crippen LogP contribution in [0.1, 0.15) is 24.2 Å². The minimum absolute atomic E-state index is 0. The molecule has 2 N–H and O–H groups in total. The maximum atomic E-state index is 11.5. The molecule has 0 radical (unpaired) electrons. The lowest BCUT2D eigenvalue weighted by Gasteiger charge is -2.34. The predicted octanol–water partition coefficient (Wildman–Crippen LogP) is 2.13. The summed E-state index contributed by atoms with van der Waals surface area (Å²) >= 11 is 0. The van der Waals surface area contributed by atoms with Gasteiger partial charge in [0.05, 0.1) is 5.69 Å². The van der Waals surface area contributed by atoms with Crippen LogP contribution in [0.5, 0.6) is 5.75 Å². The maximum absolute atomic E-state index is 11.5. The second-order valence-corrected chi connectivity index (χ2v) is 4.69. The van der Waals surface area contributed by atoms with Crippen LogP contribution in [-0.2, 0) is 4.79 Å². The predicted molar refractivity (Wildman–Crippen MR) is 81.3 cm³/mol. The fourth-order valence-electron chi connectivity index (χ4n) is 2.18. The summed E-state index contributed by atoms with van der Waals surface area (Å²) in [4.78, 5) is 15.8. The largest absolute Gasteiger partial charge is 0.478 e. The first-order valence-corrected chi connectivity index (χ1v) is 6.11. The van der Waals surface area contributed by atoms with Crippen molar-refractivity contribution in [2.75, 3.05) is 13.1 Å². The van der Waals surface area contributed by atoms with Crippen molar-refractivity contribution in [1.29, 1.82) is 0 Å². The average molecular weight is 323 g/mol. The van der Waals surface area contributed by atoms with E-state index in [2.05, 4.69) is 10.3 Å². The highest BCUT2D eigenvalue weighted by molar-refractivity contribution is 5.85. The standard InChI is InChI=1S/C13H18N2O3.2ClH/c1-9-3-4-11(10(2)15-9)18-13(12(16)17)5-7-14-8-6-13;;/h3-4,14H,5-8H2,1-2H3,(H,16,17);2*1H. The third kappa shape index (κ3) is 3.98. The number of nitrogens with one attached hydrogen (secondary N) is 1. The summed E-state index contributed by atoms with van der Waals surface area (Å²) in [5, 5.41) is 12.6. The Balaban J connectivity index is 0.00000180. The normalized spacial score (nSPS) is 16.5. The lowest BCUT2D eigenvalue weighted by atomic mass is 9.92. The van der Waals surface area contributed by atoms with Gasteiger partial charge in [0.2, 0.25) is 5.60 Å². The lowest BCUT2D eigenvalue weighted by Crippen LogP contribution is -2.52. The molecule has 1 saturated heterocycles. The molecule has 1 fully saturated rings. The van der Waals surface area contributed by atoms with Crippen LogP contribution in [0.15, 0.2) is 12.1 Å². The molecule has 0 saturated carbocycles. The molecule has 0 bridgehead atoms. The molecule has 1 aliphatic heterocycles. The molecular formula is C13H20Cl2N2O3. The van der Waals surface area contributed by atoms with Gasteiger partial charge in [-0.15, -0.1) is 24.8 Å². The molecule has 5 nitrogen and oxygen atoms in total. The Kier molecular flexibility index (Phi) is 7.27. The van der Waals surface area contributed by atoms with Crippen molar-refractivity contribution in [2.24, 2.45) is 0 Å². The van der Waals surface area contributed by atoms with Crippen LogP contribution >= 0.6 is 24.8 Å². The molecule has 0 aromatic carbocycles. The summed E-state index contributed by atoms with van der Waals surface area (Å²) in [5.41, 5.74) is 0.510. The van der Waals surface area contributed by atoms with E-state index in [1.54, 1.807) is 6.07 Å². The maximum Gasteiger partial charge on any atom is 0.348 e. The topological polar surface area (TPSA) is 71.5 Å². The molecule has 2 heterocycles. The molecule has 0 aliphatic carbocycles. The SMILES string of the molecule is Cc1ccc(OC2(C(=O)O)CCNCC2)c(C)n1.Cl.Cl. The highest BCUT2D eigenvalue weighted by Crippen LogP contribution is 2.28. The van der Waals surface area contributed by atoms with Gasteiger partial charge in [-0.25, -0.2) is 4.79 Å². The van der Waals surface area contributed by atoms with Crippen molar-refractivity contribution in [3.8, 4) is 5.75 Å². The number of carbonyl (C=O) groups is 1. The van der Waals surface area contributed by atoms with E-state index in [4.69, 9.17) is 4.74 Å². The minimum atomic E-state index is -1.12. The quantitative estimate of drug-likeness (QED) is 0.892. The number of halogens is 2. The Labute approximate surface area is 130 Å². The molecule has 0 amide bonds. The van der Waals surface area contributed by atoms with Crippen LogP contribution in [0.4, 0.5) is 0 Å². The first-order valence-electron chi connectivity index (χ1n) is 6.11. The van der Waals surface area contributed by atoms with Gasteiger partial charge in [0.15, 0.2) is 0 Å². The minimum Gasteiger partial charge on any atom is -0.478 e. The van der Waals surface area contributed by atoms with E-state index in [-0.39, 0.29) is 24.8 Å². The van der Waals surface area contributed by atoms with Gasteiger partial charge in [0, 0.05) is 18.5 Å². The zero-order valence-electron chi connectivity index (χ0n) is 11.5. The summed E-state index contributed by atoms with van der Waals surface area (Å²) in [6.45, 7) is 5.04. The Morgan fingerprint density at radius 2 is 1.90 bits per heavy atom. The van der Waals surface area contributed by atoms with Crippen molar-refractivity contribution in [3.63, 3.8) is 0 Å². The zero-order chi connectivity index (χ0) is 13.2. The molecule has 0 atom stereocenters. The highest BCUT2D eigenvalue weighted by Gasteiger charge is 2.42. The zero-order valence-corrected chi connectivity index (χ0v) is 13.1. The van der Waals surface area contributed by atoms with Crippen molar-refractivity contribution in [3.05, 3.63) is 23.5 Å². The second-order valence-electron chi connectivity index (χ2n) is 4.69. The summed E-state index contributed by atoms with van der Waals surface area (Å²) in [5.74, 6) is -0.339. The van der Waals surface area contributed by atoms with Gasteiger partial charge >= 0.3 is 5.97 Å². The van der Waals surface area contributed by atoms with E-state index >= 15 is 0 Å². The number of carboxylic acids is 1. The first kappa shape index (κ1) is 19.0. The summed E-state index contributed by atoms with van der Waals surface area (Å²) in [7, 11) is 0. The van der Waals surface area contributed by atoms with Gasteiger partial charge < -0.3 is 15.2 Å². The average Bonchev–Trinajstić information content (AvgIpc) is 2.34. The number of rotatable bonds is 3. The van der Waals surface area contributed by atoms with Crippen LogP contribution in [0.2, 0.25) is 0 Å². The molecular weight excluding hydrogens is 303 g/mol. The van der Waals surface area contributed by atoms with Gasteiger partial charge in [0.25, 0.3) is 0 Å². The molecule has 2 rings (SSSR count). The fraction of sp³-hybridized carbons (Fsp3) is 0.538. The van der Waals surface area contributed by atoms with Gasteiger partial charge in [-0.1, -0.05) is 0 Å². The Bertz CT molecular complexity index is 463. The van der Waals surface area contributed by atoms with Crippen molar-refractivity contribution >= 4 is 30.8 Å². The summed E-state index contributed by atoms with van der Waals surface area (Å²) in [6.07, 6.45) is 0.936. The third-order valence-electron chi connectivity index (χ3n) is 3.28. The molecule has 1 aliphatic rings. The first-order chi connectivity index (χ1) is 8.53. The lowest BCUT2D eigenvalue weighted by molar-refractivity contribution is -0.157. The van der Waals surface area contributed by atoms with Crippen LogP contribution in [0.25, 0.3) is 0 Å². The van der Waals surface area contributed by atoms with Gasteiger partial charge in [-0.2, -0.15) is 0 Å². The highest BCUT2D eigenvalue weighted by atomic mass is 35.5. The number of hydrogen-bond donors (Lipinski definition) is 2. The number of pyridine rings is 1. The Morgan fingerprint density at radius 3 is 2.40 bits per heavy atom. The van der Waals surface area contributed by atoms with E-state index in [0.29, 0.717) is 31.7 Å². The molecule has 0 unspecified atom stereocenters. The molecule has 20 heavy (non-hydrogen) atoms. The van der Waals surface area contributed by atoms with Gasteiger partial charge in [0.1, 0.15) is 5.75 Å². The number of piperidine rings is 1. The van der Waals surface area contributed by atoms with Crippen molar-refractivity contribution < 1.29 is 14.6 Å². The van der Waals surface area contributed by atoms with E-state index < -0.39 is 11.6 Å². The number of hydrogen-bond acceptors (Lipinski definition) is 4. The smallest absolute Gasteiger partial charge is 0.348 e. The van der Waals surface area contributed by atoms with E-state index in [1.165, 1.54) is 0 Å². The number of carboxylic acid groups (broad SMARTS) is 1. The Morgan fingerprint density at radius 1 is 1.30 bits per heavy atom. The number of nitrogens with zero attached hydrogens (tertiary/aromatic N) is 1. The number of ether oxygens (including phenoxy) is 1. The van der Waals surface area contributed by atoms with Gasteiger partial charge in [-0.3, -0.25) is 4.98 Å². The number of aryl methyl sites for hydroxylation is 2. The van der Waals surface area contributed by atoms with Crippen LogP contribution in [0.3, 0.4) is 0 Å². The molecule has 7 heteroatoms. The van der Waals surface area contributed by atoms with Crippen molar-refractivity contribution in [2.45, 2.75) is 32.3 Å². The molecule has 1 aromatic rings.